The first-order valence-corrected chi connectivity index (χ1v) is 4.00. The first-order valence-electron chi connectivity index (χ1n) is 1.33. The molecule has 0 aliphatic rings. The summed E-state index contributed by atoms with van der Waals surface area (Å²) < 4.78 is 68.2. The summed E-state index contributed by atoms with van der Waals surface area (Å²) in [6.45, 7) is 0. The van der Waals surface area contributed by atoms with Crippen molar-refractivity contribution in [1.29, 1.82) is 0 Å². The molecule has 0 atom stereocenters. The van der Waals surface area contributed by atoms with E-state index in [1.165, 1.54) is 0 Å². The Morgan fingerprint density at radius 3 is 0.667 bits per heavy atom. The zero-order valence-corrected chi connectivity index (χ0v) is 7.46. The third kappa shape index (κ3) is 18000. The van der Waals surface area contributed by atoms with Crippen molar-refractivity contribution < 1.29 is 57.6 Å². The minimum absolute atomic E-state index is 0. The molecular formula is H2CuO9S2-2. The van der Waals surface area contributed by atoms with Gasteiger partial charge in [-0.2, -0.15) is 0 Å². The maximum absolute atomic E-state index is 8.52. The zero-order valence-electron chi connectivity index (χ0n) is 4.88. The Bertz CT molecular complexity index is 209. The average molecular weight is 274 g/mol. The quantitative estimate of drug-likeness (QED) is 0.246. The summed E-state index contributed by atoms with van der Waals surface area (Å²) in [5.74, 6) is 0. The second-order valence-electron chi connectivity index (χ2n) is 0.816. The maximum atomic E-state index is 8.52. The van der Waals surface area contributed by atoms with Gasteiger partial charge in [-0.05, 0) is 0 Å². The SMILES string of the molecule is O.O=S(=O)([O-])[O-].O=S(=O)([O-])[O-].[Cu+2]. The predicted octanol–water partition coefficient (Wildman–Crippen LogP) is -3.50. The smallest absolute Gasteiger partial charge is 0.759 e. The molecule has 0 rings (SSSR count). The van der Waals surface area contributed by atoms with Gasteiger partial charge in [-0.15, -0.1) is 0 Å². The summed E-state index contributed by atoms with van der Waals surface area (Å²) in [4.78, 5) is 0. The summed E-state index contributed by atoms with van der Waals surface area (Å²) in [5.41, 5.74) is 0. The van der Waals surface area contributed by atoms with E-state index in [2.05, 4.69) is 0 Å². The molecule has 9 nitrogen and oxygen atoms in total. The van der Waals surface area contributed by atoms with Crippen LogP contribution in [-0.2, 0) is 37.9 Å². The molecule has 0 aromatic rings. The molecule has 0 aromatic heterocycles. The van der Waals surface area contributed by atoms with Gasteiger partial charge in [0.25, 0.3) is 0 Å². The second kappa shape index (κ2) is 7.85. The van der Waals surface area contributed by atoms with Gasteiger partial charge in [-0.3, -0.25) is 16.8 Å². The average Bonchev–Trinajstić information content (AvgIpc) is 1.12. The van der Waals surface area contributed by atoms with Crippen LogP contribution in [0.4, 0.5) is 0 Å². The third-order valence-corrected chi connectivity index (χ3v) is 0. The molecule has 81 valence electrons. The van der Waals surface area contributed by atoms with Crippen LogP contribution in [0.2, 0.25) is 0 Å². The van der Waals surface area contributed by atoms with E-state index in [-0.39, 0.29) is 22.5 Å². The number of rotatable bonds is 0. The van der Waals surface area contributed by atoms with Gasteiger partial charge in [0.2, 0.25) is 0 Å². The van der Waals surface area contributed by atoms with Crippen molar-refractivity contribution >= 4 is 20.8 Å². The van der Waals surface area contributed by atoms with Crippen LogP contribution in [0.5, 0.6) is 0 Å². The van der Waals surface area contributed by atoms with Crippen molar-refractivity contribution in [2.75, 3.05) is 0 Å². The van der Waals surface area contributed by atoms with Crippen LogP contribution >= 0.6 is 0 Å². The van der Waals surface area contributed by atoms with Crippen LogP contribution in [-0.4, -0.2) is 40.5 Å². The zero-order chi connectivity index (χ0) is 9.00. The van der Waals surface area contributed by atoms with E-state index in [9.17, 15) is 0 Å². The standard InChI is InChI=1S/Cu.2H2O4S.H2O/c;2*1-5(2,3)4;/h;2*(H2,1,2,3,4);1H2/q+2;;;/p-4. The molecule has 0 spiro atoms. The molecule has 12 heavy (non-hydrogen) atoms. The molecule has 0 fully saturated rings. The molecule has 0 aliphatic heterocycles. The van der Waals surface area contributed by atoms with Crippen molar-refractivity contribution in [3.63, 3.8) is 0 Å². The van der Waals surface area contributed by atoms with Gasteiger partial charge in [0.05, 0.1) is 0 Å². The van der Waals surface area contributed by atoms with E-state index < -0.39 is 20.8 Å². The molecule has 2 N–H and O–H groups in total. The van der Waals surface area contributed by atoms with Crippen LogP contribution in [0.3, 0.4) is 0 Å². The van der Waals surface area contributed by atoms with Gasteiger partial charge in [-0.25, -0.2) is 0 Å². The van der Waals surface area contributed by atoms with Gasteiger partial charge in [0, 0.05) is 20.8 Å². The Kier molecular flexibility index (Phi) is 14.9. The van der Waals surface area contributed by atoms with Crippen molar-refractivity contribution in [2.45, 2.75) is 0 Å². The van der Waals surface area contributed by atoms with Gasteiger partial charge in [0.15, 0.2) is 0 Å². The van der Waals surface area contributed by atoms with Crippen molar-refractivity contribution in [1.82, 2.24) is 0 Å². The molecule has 0 bridgehead atoms. The molecule has 0 aliphatic carbocycles. The minimum Gasteiger partial charge on any atom is -0.759 e. The van der Waals surface area contributed by atoms with E-state index in [4.69, 9.17) is 35.0 Å². The van der Waals surface area contributed by atoms with E-state index in [1.807, 2.05) is 0 Å². The Hall–Kier alpha value is 0.219. The number of hydrogen-bond acceptors (Lipinski definition) is 8. The fourth-order valence-electron chi connectivity index (χ4n) is 0. The Balaban J connectivity index is -0.0000000457. The van der Waals surface area contributed by atoms with Gasteiger partial charge in [0.1, 0.15) is 0 Å². The Morgan fingerprint density at radius 2 is 0.667 bits per heavy atom. The van der Waals surface area contributed by atoms with Gasteiger partial charge < -0.3 is 23.7 Å². The van der Waals surface area contributed by atoms with Crippen LogP contribution in [0.1, 0.15) is 0 Å². The van der Waals surface area contributed by atoms with Crippen LogP contribution in [0, 0.1) is 0 Å². The summed E-state index contributed by atoms with van der Waals surface area (Å²) >= 11 is 0. The monoisotopic (exact) mass is 273 g/mol. The topological polar surface area (TPSA) is 192 Å². The first kappa shape index (κ1) is 22.8. The number of hydrogen-bond donors (Lipinski definition) is 0. The van der Waals surface area contributed by atoms with E-state index >= 15 is 0 Å². The fourth-order valence-corrected chi connectivity index (χ4v) is 0. The molecule has 0 aromatic carbocycles. The summed E-state index contributed by atoms with van der Waals surface area (Å²) in [6, 6.07) is 0. The van der Waals surface area contributed by atoms with E-state index in [1.54, 1.807) is 0 Å². The summed E-state index contributed by atoms with van der Waals surface area (Å²) in [5, 5.41) is 0. The molecule has 0 amide bonds. The predicted molar refractivity (Wildman–Crippen MR) is 24.6 cm³/mol. The third-order valence-electron chi connectivity index (χ3n) is 0. The van der Waals surface area contributed by atoms with E-state index in [0.29, 0.717) is 0 Å². The molecule has 0 saturated carbocycles. The molecule has 1 radical (unpaired) electrons. The maximum Gasteiger partial charge on any atom is 2.00 e. The Labute approximate surface area is 78.7 Å². The Morgan fingerprint density at radius 1 is 0.667 bits per heavy atom. The molecular weight excluding hydrogens is 272 g/mol. The summed E-state index contributed by atoms with van der Waals surface area (Å²) in [6.07, 6.45) is 0. The molecule has 0 saturated heterocycles. The molecule has 12 heteroatoms. The van der Waals surface area contributed by atoms with Gasteiger partial charge in [-0.1, -0.05) is 0 Å². The van der Waals surface area contributed by atoms with E-state index in [0.717, 1.165) is 0 Å². The molecule has 0 unspecified atom stereocenters. The van der Waals surface area contributed by atoms with Crippen LogP contribution in [0.25, 0.3) is 0 Å². The minimum atomic E-state index is -5.17. The molecule has 0 heterocycles. The summed E-state index contributed by atoms with van der Waals surface area (Å²) in [7, 11) is -10.3. The van der Waals surface area contributed by atoms with Crippen LogP contribution < -0.4 is 0 Å². The van der Waals surface area contributed by atoms with Crippen molar-refractivity contribution in [2.24, 2.45) is 0 Å². The largest absolute Gasteiger partial charge is 2.00 e. The fraction of sp³-hybridized carbons (Fsp3) is 0. The first-order chi connectivity index (χ1) is 4.00. The van der Waals surface area contributed by atoms with Crippen molar-refractivity contribution in [3.8, 4) is 0 Å². The van der Waals surface area contributed by atoms with Gasteiger partial charge >= 0.3 is 17.1 Å². The normalized spacial score (nSPS) is 9.67. The second-order valence-corrected chi connectivity index (χ2v) is 2.45. The van der Waals surface area contributed by atoms with Crippen molar-refractivity contribution in [3.05, 3.63) is 0 Å². The van der Waals surface area contributed by atoms with Crippen LogP contribution in [0.15, 0.2) is 0 Å².